The molecule has 1 fully saturated rings. The highest BCUT2D eigenvalue weighted by Crippen LogP contribution is 2.30. The molecule has 0 radical (unpaired) electrons. The topological polar surface area (TPSA) is 49.3 Å². The number of hydrogen-bond donors (Lipinski definition) is 2. The highest BCUT2D eigenvalue weighted by molar-refractivity contribution is 5.71. The van der Waals surface area contributed by atoms with Gasteiger partial charge in [-0.3, -0.25) is 4.79 Å². The first kappa shape index (κ1) is 9.31. The molecular weight excluding hydrogens is 175 g/mol. The molecule has 2 atom stereocenters. The summed E-state index contributed by atoms with van der Waals surface area (Å²) >= 11 is 0. The lowest BCUT2D eigenvalue weighted by Gasteiger charge is -2.18. The number of nitrogens with one attached hydrogen (secondary N) is 1. The van der Waals surface area contributed by atoms with Crippen molar-refractivity contribution in [2.24, 2.45) is 5.92 Å². The smallest absolute Gasteiger partial charge is 0.404 e. The van der Waals surface area contributed by atoms with E-state index >= 15 is 0 Å². The molecule has 2 unspecified atom stereocenters. The van der Waals surface area contributed by atoms with Crippen LogP contribution in [0, 0.1) is 5.92 Å². The maximum absolute atomic E-state index is 12.0. The summed E-state index contributed by atoms with van der Waals surface area (Å²) in [4.78, 5) is 10.3. The molecule has 1 saturated heterocycles. The van der Waals surface area contributed by atoms with Gasteiger partial charge in [0.2, 0.25) is 0 Å². The van der Waals surface area contributed by atoms with Gasteiger partial charge in [0.05, 0.1) is 5.92 Å². The van der Waals surface area contributed by atoms with Gasteiger partial charge in [0.25, 0.3) is 0 Å². The van der Waals surface area contributed by atoms with Crippen LogP contribution in [-0.4, -0.2) is 29.8 Å². The van der Waals surface area contributed by atoms with Crippen molar-refractivity contribution in [3.8, 4) is 0 Å². The van der Waals surface area contributed by atoms with Crippen molar-refractivity contribution in [3.63, 3.8) is 0 Å². The number of alkyl halides is 3. The van der Waals surface area contributed by atoms with E-state index in [-0.39, 0.29) is 13.0 Å². The molecule has 0 amide bonds. The van der Waals surface area contributed by atoms with Crippen LogP contribution >= 0.6 is 0 Å². The lowest BCUT2D eigenvalue weighted by Crippen LogP contribution is -2.44. The van der Waals surface area contributed by atoms with E-state index < -0.39 is 24.1 Å². The molecule has 2 N–H and O–H groups in total. The molecule has 1 aliphatic rings. The van der Waals surface area contributed by atoms with Gasteiger partial charge < -0.3 is 10.4 Å². The zero-order valence-corrected chi connectivity index (χ0v) is 6.06. The Morgan fingerprint density at radius 2 is 2.08 bits per heavy atom. The van der Waals surface area contributed by atoms with Gasteiger partial charge in [0.15, 0.2) is 0 Å². The van der Waals surface area contributed by atoms with Crippen molar-refractivity contribution in [1.29, 1.82) is 0 Å². The summed E-state index contributed by atoms with van der Waals surface area (Å²) in [6.45, 7) is 0.112. The molecule has 0 saturated carbocycles. The molecule has 0 aromatic heterocycles. The second kappa shape index (κ2) is 2.93. The van der Waals surface area contributed by atoms with Crippen molar-refractivity contribution < 1.29 is 23.1 Å². The first-order valence-corrected chi connectivity index (χ1v) is 3.46. The molecule has 70 valence electrons. The summed E-state index contributed by atoms with van der Waals surface area (Å²) < 4.78 is 36.1. The van der Waals surface area contributed by atoms with Crippen LogP contribution in [0.15, 0.2) is 0 Å². The molecule has 0 aromatic rings. The Morgan fingerprint density at radius 3 is 2.42 bits per heavy atom. The Morgan fingerprint density at radius 1 is 1.50 bits per heavy atom. The van der Waals surface area contributed by atoms with Crippen LogP contribution in [0.25, 0.3) is 0 Å². The Balaban J connectivity index is 2.71. The minimum Gasteiger partial charge on any atom is -0.481 e. The number of aliphatic carboxylic acids is 1. The quantitative estimate of drug-likeness (QED) is 0.626. The second-order valence-electron chi connectivity index (χ2n) is 2.71. The van der Waals surface area contributed by atoms with Gasteiger partial charge in [-0.15, -0.1) is 0 Å². The first-order chi connectivity index (χ1) is 5.43. The summed E-state index contributed by atoms with van der Waals surface area (Å²) in [6, 6.07) is -1.88. The lowest BCUT2D eigenvalue weighted by atomic mass is 10.0. The highest BCUT2D eigenvalue weighted by atomic mass is 19.4. The predicted octanol–water partition coefficient (Wildman–Crippen LogP) is 0.611. The summed E-state index contributed by atoms with van der Waals surface area (Å²) in [7, 11) is 0. The van der Waals surface area contributed by atoms with Crippen molar-refractivity contribution in [2.75, 3.05) is 6.54 Å². The minimum absolute atomic E-state index is 0.0412. The maximum atomic E-state index is 12.0. The van der Waals surface area contributed by atoms with Crippen LogP contribution in [-0.2, 0) is 4.79 Å². The molecule has 12 heavy (non-hydrogen) atoms. The zero-order valence-electron chi connectivity index (χ0n) is 6.06. The largest absolute Gasteiger partial charge is 0.481 e. The van der Waals surface area contributed by atoms with E-state index in [0.717, 1.165) is 0 Å². The van der Waals surface area contributed by atoms with Crippen LogP contribution in [0.4, 0.5) is 13.2 Å². The predicted molar refractivity (Wildman–Crippen MR) is 33.6 cm³/mol. The van der Waals surface area contributed by atoms with Crippen molar-refractivity contribution in [3.05, 3.63) is 0 Å². The lowest BCUT2D eigenvalue weighted by molar-refractivity contribution is -0.173. The molecular formula is C6H8F3NO2. The Kier molecular flexibility index (Phi) is 2.27. The molecule has 1 rings (SSSR count). The fraction of sp³-hybridized carbons (Fsp3) is 0.833. The average Bonchev–Trinajstić information content (AvgIpc) is 2.30. The SMILES string of the molecule is O=C(O)C1CCNC1C(F)(F)F. The number of carboxylic acid groups (broad SMARTS) is 1. The fourth-order valence-corrected chi connectivity index (χ4v) is 1.31. The van der Waals surface area contributed by atoms with E-state index in [1.165, 1.54) is 0 Å². The van der Waals surface area contributed by atoms with Crippen molar-refractivity contribution >= 4 is 5.97 Å². The third-order valence-corrected chi connectivity index (χ3v) is 1.89. The molecule has 1 aliphatic heterocycles. The normalized spacial score (nSPS) is 30.6. The monoisotopic (exact) mass is 183 g/mol. The van der Waals surface area contributed by atoms with Gasteiger partial charge in [0, 0.05) is 0 Å². The van der Waals surface area contributed by atoms with Gasteiger partial charge in [-0.25, -0.2) is 0 Å². The van der Waals surface area contributed by atoms with Gasteiger partial charge in [-0.1, -0.05) is 0 Å². The number of halogens is 3. The number of rotatable bonds is 1. The maximum Gasteiger partial charge on any atom is 0.404 e. The third kappa shape index (κ3) is 1.69. The van der Waals surface area contributed by atoms with E-state index in [0.29, 0.717) is 0 Å². The van der Waals surface area contributed by atoms with E-state index in [1.807, 2.05) is 0 Å². The average molecular weight is 183 g/mol. The summed E-state index contributed by atoms with van der Waals surface area (Å²) in [5.74, 6) is -2.72. The van der Waals surface area contributed by atoms with Crippen LogP contribution in [0.2, 0.25) is 0 Å². The molecule has 0 bridgehead atoms. The fourth-order valence-electron chi connectivity index (χ4n) is 1.31. The van der Waals surface area contributed by atoms with Crippen LogP contribution in [0.5, 0.6) is 0 Å². The van der Waals surface area contributed by atoms with Crippen LogP contribution < -0.4 is 5.32 Å². The Bertz CT molecular complexity index is 192. The van der Waals surface area contributed by atoms with E-state index in [4.69, 9.17) is 5.11 Å². The number of hydrogen-bond acceptors (Lipinski definition) is 2. The molecule has 0 aromatic carbocycles. The molecule has 1 heterocycles. The van der Waals surface area contributed by atoms with Crippen LogP contribution in [0.3, 0.4) is 0 Å². The summed E-state index contributed by atoms with van der Waals surface area (Å²) in [6.07, 6.45) is -4.42. The number of carbonyl (C=O) groups is 1. The number of carboxylic acids is 1. The van der Waals surface area contributed by atoms with E-state index in [2.05, 4.69) is 5.32 Å². The first-order valence-electron chi connectivity index (χ1n) is 3.46. The minimum atomic E-state index is -4.46. The van der Waals surface area contributed by atoms with Crippen molar-refractivity contribution in [1.82, 2.24) is 5.32 Å². The molecule has 3 nitrogen and oxygen atoms in total. The standard InChI is InChI=1S/C6H8F3NO2/c7-6(8,9)4-3(5(11)12)1-2-10-4/h3-4,10H,1-2H2,(H,11,12). The van der Waals surface area contributed by atoms with E-state index in [1.54, 1.807) is 0 Å². The Labute approximate surface area is 66.6 Å². The van der Waals surface area contributed by atoms with E-state index in [9.17, 15) is 18.0 Å². The Hall–Kier alpha value is -0.780. The summed E-state index contributed by atoms with van der Waals surface area (Å²) in [5, 5.41) is 10.5. The molecule has 0 spiro atoms. The third-order valence-electron chi connectivity index (χ3n) is 1.89. The van der Waals surface area contributed by atoms with Gasteiger partial charge in [-0.2, -0.15) is 13.2 Å². The van der Waals surface area contributed by atoms with Crippen molar-refractivity contribution in [2.45, 2.75) is 18.6 Å². The van der Waals surface area contributed by atoms with Gasteiger partial charge in [-0.05, 0) is 13.0 Å². The van der Waals surface area contributed by atoms with Gasteiger partial charge in [0.1, 0.15) is 6.04 Å². The highest BCUT2D eigenvalue weighted by Gasteiger charge is 2.49. The van der Waals surface area contributed by atoms with Crippen LogP contribution in [0.1, 0.15) is 6.42 Å². The molecule has 0 aliphatic carbocycles. The summed E-state index contributed by atoms with van der Waals surface area (Å²) in [5.41, 5.74) is 0. The molecule has 6 heteroatoms. The zero-order chi connectivity index (χ0) is 9.35. The second-order valence-corrected chi connectivity index (χ2v) is 2.71. The van der Waals surface area contributed by atoms with Gasteiger partial charge >= 0.3 is 12.1 Å².